The third-order valence-corrected chi connectivity index (χ3v) is 3.41. The van der Waals surface area contributed by atoms with Gasteiger partial charge in [-0.25, -0.2) is 0 Å². The molecule has 1 unspecified atom stereocenters. The normalized spacial score (nSPS) is 22.5. The lowest BCUT2D eigenvalue weighted by molar-refractivity contribution is 0.183. The summed E-state index contributed by atoms with van der Waals surface area (Å²) in [5, 5.41) is 3.60. The highest BCUT2D eigenvalue weighted by Gasteiger charge is 2.18. The Hall–Kier alpha value is -0.800. The van der Waals surface area contributed by atoms with E-state index in [0.717, 1.165) is 13.1 Å². The van der Waals surface area contributed by atoms with Crippen molar-refractivity contribution in [3.05, 3.63) is 24.0 Å². The van der Waals surface area contributed by atoms with E-state index >= 15 is 0 Å². The van der Waals surface area contributed by atoms with Crippen LogP contribution in [0.25, 0.3) is 0 Å². The topological polar surface area (TPSA) is 20.2 Å². The van der Waals surface area contributed by atoms with Crippen molar-refractivity contribution in [1.29, 1.82) is 0 Å². The molecular weight excluding hydrogens is 198 g/mol. The first-order chi connectivity index (χ1) is 7.79. The second-order valence-corrected chi connectivity index (χ2v) is 4.79. The number of nitrogens with zero attached hydrogens (tertiary/aromatic N) is 2. The van der Waals surface area contributed by atoms with Crippen LogP contribution < -0.4 is 5.32 Å². The number of aromatic nitrogens is 1. The van der Waals surface area contributed by atoms with E-state index in [1.165, 1.54) is 31.6 Å². The molecule has 1 aromatic rings. The number of hydrogen-bond acceptors (Lipinski definition) is 2. The largest absolute Gasteiger partial charge is 0.353 e. The minimum atomic E-state index is 0.694. The van der Waals surface area contributed by atoms with Gasteiger partial charge in [0.05, 0.1) is 0 Å². The van der Waals surface area contributed by atoms with Crippen molar-refractivity contribution in [1.82, 2.24) is 14.8 Å². The van der Waals surface area contributed by atoms with Crippen LogP contribution in [0.15, 0.2) is 18.3 Å². The highest BCUT2D eigenvalue weighted by Crippen LogP contribution is 2.10. The molecule has 0 amide bonds. The monoisotopic (exact) mass is 221 g/mol. The highest BCUT2D eigenvalue weighted by atomic mass is 15.2. The molecule has 1 saturated heterocycles. The molecule has 1 aromatic heterocycles. The Balaban J connectivity index is 1.88. The molecule has 1 fully saturated rings. The quantitative estimate of drug-likeness (QED) is 0.833. The van der Waals surface area contributed by atoms with Crippen LogP contribution in [0.2, 0.25) is 0 Å². The molecule has 0 bridgehead atoms. The van der Waals surface area contributed by atoms with Gasteiger partial charge in [-0.15, -0.1) is 0 Å². The van der Waals surface area contributed by atoms with Gasteiger partial charge in [0.1, 0.15) is 0 Å². The molecule has 0 aromatic carbocycles. The first-order valence-electron chi connectivity index (χ1n) is 6.35. The Kier molecular flexibility index (Phi) is 4.02. The molecule has 1 aliphatic rings. The van der Waals surface area contributed by atoms with Crippen LogP contribution in [0.3, 0.4) is 0 Å². The number of rotatable bonds is 4. The van der Waals surface area contributed by atoms with Crippen LogP contribution >= 0.6 is 0 Å². The Labute approximate surface area is 98.4 Å². The van der Waals surface area contributed by atoms with E-state index < -0.39 is 0 Å². The average Bonchev–Trinajstić information content (AvgIpc) is 2.66. The van der Waals surface area contributed by atoms with E-state index in [-0.39, 0.29) is 0 Å². The summed E-state index contributed by atoms with van der Waals surface area (Å²) in [6.07, 6.45) is 4.69. The summed E-state index contributed by atoms with van der Waals surface area (Å²) >= 11 is 0. The molecule has 0 spiro atoms. The maximum atomic E-state index is 3.60. The van der Waals surface area contributed by atoms with Crippen molar-refractivity contribution in [2.45, 2.75) is 32.4 Å². The summed E-state index contributed by atoms with van der Waals surface area (Å²) < 4.78 is 2.22. The number of piperazine rings is 1. The molecule has 1 N–H and O–H groups in total. The molecule has 3 heteroatoms. The number of aryl methyl sites for hydroxylation is 1. The van der Waals surface area contributed by atoms with Crippen LogP contribution in [-0.4, -0.2) is 35.1 Å². The van der Waals surface area contributed by atoms with Gasteiger partial charge in [-0.2, -0.15) is 0 Å². The van der Waals surface area contributed by atoms with Crippen molar-refractivity contribution in [3.8, 4) is 0 Å². The Morgan fingerprint density at radius 2 is 2.38 bits per heavy atom. The van der Waals surface area contributed by atoms with Gasteiger partial charge in [0, 0.05) is 51.2 Å². The highest BCUT2D eigenvalue weighted by molar-refractivity contribution is 5.06. The predicted octanol–water partition coefficient (Wildman–Crippen LogP) is 1.60. The van der Waals surface area contributed by atoms with E-state index in [2.05, 4.69) is 47.1 Å². The van der Waals surface area contributed by atoms with Gasteiger partial charge in [0.2, 0.25) is 0 Å². The summed E-state index contributed by atoms with van der Waals surface area (Å²) in [7, 11) is 2.13. The van der Waals surface area contributed by atoms with Crippen molar-refractivity contribution in [3.63, 3.8) is 0 Å². The third-order valence-electron chi connectivity index (χ3n) is 3.41. The first-order valence-corrected chi connectivity index (χ1v) is 6.35. The smallest absolute Gasteiger partial charge is 0.0388 e. The van der Waals surface area contributed by atoms with E-state index in [1.54, 1.807) is 0 Å². The van der Waals surface area contributed by atoms with Gasteiger partial charge in [0.25, 0.3) is 0 Å². The zero-order chi connectivity index (χ0) is 11.4. The van der Waals surface area contributed by atoms with Crippen molar-refractivity contribution in [2.75, 3.05) is 19.6 Å². The zero-order valence-electron chi connectivity index (χ0n) is 10.4. The van der Waals surface area contributed by atoms with Gasteiger partial charge in [-0.05, 0) is 18.6 Å². The fourth-order valence-corrected chi connectivity index (χ4v) is 2.47. The number of hydrogen-bond donors (Lipinski definition) is 1. The first kappa shape index (κ1) is 11.7. The number of nitrogens with one attached hydrogen (secondary N) is 1. The van der Waals surface area contributed by atoms with Crippen molar-refractivity contribution < 1.29 is 0 Å². The summed E-state index contributed by atoms with van der Waals surface area (Å²) in [4.78, 5) is 2.56. The van der Waals surface area contributed by atoms with E-state index in [0.29, 0.717) is 6.04 Å². The Morgan fingerprint density at radius 1 is 1.50 bits per heavy atom. The maximum absolute atomic E-state index is 3.60. The molecule has 2 rings (SSSR count). The molecule has 0 radical (unpaired) electrons. The van der Waals surface area contributed by atoms with Gasteiger partial charge in [-0.3, -0.25) is 4.90 Å². The Bertz CT molecular complexity index is 317. The molecule has 1 aliphatic heterocycles. The van der Waals surface area contributed by atoms with Crippen LogP contribution in [0.4, 0.5) is 0 Å². The molecule has 2 heterocycles. The fraction of sp³-hybridized carbons (Fsp3) is 0.692. The maximum Gasteiger partial charge on any atom is 0.0388 e. The zero-order valence-corrected chi connectivity index (χ0v) is 10.4. The van der Waals surface area contributed by atoms with E-state index in [4.69, 9.17) is 0 Å². The lowest BCUT2D eigenvalue weighted by atomic mass is 10.1. The van der Waals surface area contributed by atoms with Crippen molar-refractivity contribution in [2.24, 2.45) is 7.05 Å². The van der Waals surface area contributed by atoms with E-state index in [1.807, 2.05) is 0 Å². The summed E-state index contributed by atoms with van der Waals surface area (Å²) in [5.41, 5.74) is 1.41. The SMILES string of the molecule is CCCC1CN(Cc2cccn2C)CCN1. The summed E-state index contributed by atoms with van der Waals surface area (Å²) in [5.74, 6) is 0. The van der Waals surface area contributed by atoms with Crippen LogP contribution in [-0.2, 0) is 13.6 Å². The van der Waals surface area contributed by atoms with Gasteiger partial charge in [0.15, 0.2) is 0 Å². The lowest BCUT2D eigenvalue weighted by Gasteiger charge is -2.33. The average molecular weight is 221 g/mol. The van der Waals surface area contributed by atoms with Crippen molar-refractivity contribution >= 4 is 0 Å². The molecule has 0 aliphatic carbocycles. The molecule has 90 valence electrons. The minimum Gasteiger partial charge on any atom is -0.353 e. The van der Waals surface area contributed by atoms with Gasteiger partial charge in [-0.1, -0.05) is 13.3 Å². The molecular formula is C13H23N3. The van der Waals surface area contributed by atoms with Crippen LogP contribution in [0, 0.1) is 0 Å². The van der Waals surface area contributed by atoms with Gasteiger partial charge >= 0.3 is 0 Å². The van der Waals surface area contributed by atoms with Crippen LogP contribution in [0.5, 0.6) is 0 Å². The fourth-order valence-electron chi connectivity index (χ4n) is 2.47. The standard InChI is InChI=1S/C13H23N3/c1-3-5-12-10-16(9-7-14-12)11-13-6-4-8-15(13)2/h4,6,8,12,14H,3,5,7,9-11H2,1-2H3. The summed E-state index contributed by atoms with van der Waals surface area (Å²) in [6.45, 7) is 6.85. The summed E-state index contributed by atoms with van der Waals surface area (Å²) in [6, 6.07) is 5.04. The second kappa shape index (κ2) is 5.51. The lowest BCUT2D eigenvalue weighted by Crippen LogP contribution is -2.50. The Morgan fingerprint density at radius 3 is 3.06 bits per heavy atom. The van der Waals surface area contributed by atoms with E-state index in [9.17, 15) is 0 Å². The minimum absolute atomic E-state index is 0.694. The van der Waals surface area contributed by atoms with Gasteiger partial charge < -0.3 is 9.88 Å². The predicted molar refractivity (Wildman–Crippen MR) is 67.4 cm³/mol. The van der Waals surface area contributed by atoms with Crippen LogP contribution in [0.1, 0.15) is 25.5 Å². The molecule has 0 saturated carbocycles. The second-order valence-electron chi connectivity index (χ2n) is 4.79. The molecule has 1 atom stereocenters. The molecule has 16 heavy (non-hydrogen) atoms. The molecule has 3 nitrogen and oxygen atoms in total. The third kappa shape index (κ3) is 2.86.